The maximum Gasteiger partial charge on any atom is 0.263 e. The quantitative estimate of drug-likeness (QED) is 0.533. The van der Waals surface area contributed by atoms with Gasteiger partial charge >= 0.3 is 0 Å². The lowest BCUT2D eigenvalue weighted by molar-refractivity contribution is -0.123. The average molecular weight is 471 g/mol. The number of carbonyl (C=O) groups excluding carboxylic acids is 2. The third-order valence-electron chi connectivity index (χ3n) is 5.42. The van der Waals surface area contributed by atoms with E-state index >= 15 is 0 Å². The van der Waals surface area contributed by atoms with Crippen molar-refractivity contribution in [2.75, 3.05) is 11.7 Å². The van der Waals surface area contributed by atoms with E-state index in [4.69, 9.17) is 25.6 Å². The second kappa shape index (κ2) is 7.24. The summed E-state index contributed by atoms with van der Waals surface area (Å²) in [6, 6.07) is 6.82. The number of halogens is 2. The Bertz CT molecular complexity index is 1350. The minimum atomic E-state index is -1.03. The molecule has 0 unspecified atom stereocenters. The van der Waals surface area contributed by atoms with Crippen LogP contribution in [0.3, 0.4) is 0 Å². The fraction of sp³-hybridized carbons (Fsp3) is 0.200. The third kappa shape index (κ3) is 3.09. The lowest BCUT2D eigenvalue weighted by atomic mass is 10.1. The smallest absolute Gasteiger partial charge is 0.263 e. The van der Waals surface area contributed by atoms with Gasteiger partial charge in [-0.15, -0.1) is 0 Å². The molecule has 3 aromatic rings. The summed E-state index contributed by atoms with van der Waals surface area (Å²) in [7, 11) is 0. The first-order valence-corrected chi connectivity index (χ1v) is 10.1. The van der Waals surface area contributed by atoms with Crippen LogP contribution in [0.2, 0.25) is 5.02 Å². The third-order valence-corrected chi connectivity index (χ3v) is 5.71. The summed E-state index contributed by atoms with van der Waals surface area (Å²) < 4.78 is 29.5. The Labute approximate surface area is 189 Å². The van der Waals surface area contributed by atoms with E-state index in [0.29, 0.717) is 22.9 Å². The van der Waals surface area contributed by atoms with Crippen molar-refractivity contribution in [3.63, 3.8) is 0 Å². The summed E-state index contributed by atoms with van der Waals surface area (Å²) in [5.41, 5.74) is 0.811. The molecule has 4 heterocycles. The fourth-order valence-corrected chi connectivity index (χ4v) is 4.02. The van der Waals surface area contributed by atoms with Crippen molar-refractivity contribution in [1.82, 2.24) is 15.1 Å². The summed E-state index contributed by atoms with van der Waals surface area (Å²) in [5.74, 6) is -0.110. The highest BCUT2D eigenvalue weighted by Crippen LogP contribution is 2.36. The molecule has 2 amide bonds. The van der Waals surface area contributed by atoms with Gasteiger partial charge in [0.2, 0.25) is 18.5 Å². The predicted molar refractivity (Wildman–Crippen MR) is 108 cm³/mol. The molecule has 1 saturated heterocycles. The van der Waals surface area contributed by atoms with Crippen LogP contribution in [0.1, 0.15) is 5.89 Å². The van der Waals surface area contributed by atoms with Gasteiger partial charge in [0.15, 0.2) is 23.6 Å². The highest BCUT2D eigenvalue weighted by molar-refractivity contribution is 6.32. The van der Waals surface area contributed by atoms with Gasteiger partial charge in [0.05, 0.1) is 10.7 Å². The molecule has 13 heteroatoms. The number of aromatic nitrogens is 2. The van der Waals surface area contributed by atoms with Crippen molar-refractivity contribution < 1.29 is 28.0 Å². The number of nitrogens with zero attached hydrogens (tertiary/aromatic N) is 6. The van der Waals surface area contributed by atoms with Crippen LogP contribution in [0.25, 0.3) is 11.4 Å². The van der Waals surface area contributed by atoms with Crippen molar-refractivity contribution in [1.29, 1.82) is 0 Å². The van der Waals surface area contributed by atoms with Crippen LogP contribution in [0.15, 0.2) is 51.3 Å². The van der Waals surface area contributed by atoms with Crippen molar-refractivity contribution in [3.8, 4) is 22.9 Å². The van der Waals surface area contributed by atoms with E-state index in [1.54, 1.807) is 18.2 Å². The Morgan fingerprint density at radius 2 is 1.94 bits per heavy atom. The number of imide groups is 1. The molecular weight excluding hydrogens is 459 g/mol. The van der Waals surface area contributed by atoms with Crippen LogP contribution in [-0.4, -0.2) is 45.8 Å². The fourth-order valence-electron chi connectivity index (χ4n) is 3.84. The van der Waals surface area contributed by atoms with Gasteiger partial charge in [0, 0.05) is 5.56 Å². The summed E-state index contributed by atoms with van der Waals surface area (Å²) >= 11 is 5.81. The Balaban J connectivity index is 1.22. The van der Waals surface area contributed by atoms with Crippen LogP contribution < -0.4 is 14.4 Å². The van der Waals surface area contributed by atoms with Crippen LogP contribution in [0, 0.1) is 5.82 Å². The number of anilines is 1. The van der Waals surface area contributed by atoms with E-state index in [-0.39, 0.29) is 29.9 Å². The molecule has 0 bridgehead atoms. The second-order valence-corrected chi connectivity index (χ2v) is 7.79. The zero-order valence-electron chi connectivity index (χ0n) is 16.5. The molecule has 3 aliphatic rings. The van der Waals surface area contributed by atoms with Crippen molar-refractivity contribution in [2.45, 2.75) is 18.6 Å². The first-order valence-electron chi connectivity index (χ1n) is 9.72. The molecule has 0 radical (unpaired) electrons. The molecule has 0 aliphatic carbocycles. The Morgan fingerprint density at radius 3 is 2.79 bits per heavy atom. The molecule has 6 rings (SSSR count). The Kier molecular flexibility index (Phi) is 4.30. The van der Waals surface area contributed by atoms with Crippen LogP contribution >= 0.6 is 11.6 Å². The van der Waals surface area contributed by atoms with Gasteiger partial charge in [-0.25, -0.2) is 9.29 Å². The molecular formula is C20H12ClFN6O5. The van der Waals surface area contributed by atoms with E-state index in [0.717, 1.165) is 11.0 Å². The molecule has 11 nitrogen and oxygen atoms in total. The van der Waals surface area contributed by atoms with Gasteiger partial charge < -0.3 is 14.0 Å². The molecule has 2 aromatic carbocycles. The van der Waals surface area contributed by atoms with Gasteiger partial charge in [-0.1, -0.05) is 22.0 Å². The number of rotatable bonds is 4. The molecule has 0 spiro atoms. The predicted octanol–water partition coefficient (Wildman–Crippen LogP) is 2.75. The number of benzene rings is 2. The minimum absolute atomic E-state index is 0.0424. The largest absolute Gasteiger partial charge is 0.454 e. The standard InChI is InChI=1S/C20H12ClFN6O5/c21-11-6-10(2-3-12(11)22)28-19(29)16-17(20(28)30)27(26-24-16)7-15-23-18(25-33-15)9-1-4-13-14(5-9)32-8-31-13/h1-6,16-17H,7-8H2/t16-,17-/m1/s1. The van der Waals surface area contributed by atoms with Gasteiger partial charge in [0.1, 0.15) is 12.4 Å². The van der Waals surface area contributed by atoms with E-state index in [9.17, 15) is 14.0 Å². The normalized spacial score (nSPS) is 20.8. The lowest BCUT2D eigenvalue weighted by Gasteiger charge is -2.19. The van der Waals surface area contributed by atoms with Crippen LogP contribution in [0.5, 0.6) is 11.5 Å². The maximum absolute atomic E-state index is 13.5. The molecule has 166 valence electrons. The number of amides is 2. The number of hydrogen-bond acceptors (Lipinski definition) is 10. The lowest BCUT2D eigenvalue weighted by Crippen LogP contribution is -2.39. The summed E-state index contributed by atoms with van der Waals surface area (Å²) in [6.07, 6.45) is 0. The number of carbonyl (C=O) groups is 2. The average Bonchev–Trinajstić information content (AvgIpc) is 3.57. The topological polar surface area (TPSA) is 123 Å². The van der Waals surface area contributed by atoms with Gasteiger partial charge in [0.25, 0.3) is 11.8 Å². The summed E-state index contributed by atoms with van der Waals surface area (Å²) in [6.45, 7) is 0.103. The highest BCUT2D eigenvalue weighted by atomic mass is 35.5. The Morgan fingerprint density at radius 1 is 1.09 bits per heavy atom. The van der Waals surface area contributed by atoms with Crippen molar-refractivity contribution in [3.05, 3.63) is 53.1 Å². The first kappa shape index (κ1) is 19.6. The summed E-state index contributed by atoms with van der Waals surface area (Å²) in [4.78, 5) is 31.1. The molecule has 1 fully saturated rings. The molecule has 0 saturated carbocycles. The highest BCUT2D eigenvalue weighted by Gasteiger charge is 2.55. The van der Waals surface area contributed by atoms with E-state index in [1.165, 1.54) is 17.1 Å². The van der Waals surface area contributed by atoms with Gasteiger partial charge in [-0.05, 0) is 36.4 Å². The number of ether oxygens (including phenoxy) is 2. The zero-order valence-corrected chi connectivity index (χ0v) is 17.3. The Hall–Kier alpha value is -4.06. The molecule has 33 heavy (non-hydrogen) atoms. The van der Waals surface area contributed by atoms with E-state index in [2.05, 4.69) is 20.5 Å². The first-order chi connectivity index (χ1) is 16.0. The molecule has 1 aromatic heterocycles. The SMILES string of the molecule is O=C1[C@@H]2N=NN(Cc3nc(-c4ccc5c(c4)OCO5)no3)[C@H]2C(=O)N1c1ccc(F)c(Cl)c1. The molecule has 3 aliphatic heterocycles. The number of hydrogen-bond donors (Lipinski definition) is 0. The van der Waals surface area contributed by atoms with Crippen molar-refractivity contribution in [2.24, 2.45) is 10.3 Å². The minimum Gasteiger partial charge on any atom is -0.454 e. The van der Waals surface area contributed by atoms with Gasteiger partial charge in [-0.3, -0.25) is 14.6 Å². The molecule has 0 N–H and O–H groups in total. The monoisotopic (exact) mass is 470 g/mol. The van der Waals surface area contributed by atoms with E-state index < -0.39 is 29.7 Å². The zero-order chi connectivity index (χ0) is 22.7. The van der Waals surface area contributed by atoms with Crippen LogP contribution in [-0.2, 0) is 16.1 Å². The summed E-state index contributed by atoms with van der Waals surface area (Å²) in [5, 5.41) is 13.0. The van der Waals surface area contributed by atoms with Crippen LogP contribution in [0.4, 0.5) is 10.1 Å². The number of fused-ring (bicyclic) bond motifs is 2. The van der Waals surface area contributed by atoms with Gasteiger partial charge in [-0.2, -0.15) is 10.1 Å². The molecule has 2 atom stereocenters. The maximum atomic E-state index is 13.5. The second-order valence-electron chi connectivity index (χ2n) is 7.38. The van der Waals surface area contributed by atoms with Crippen molar-refractivity contribution >= 4 is 29.1 Å². The van der Waals surface area contributed by atoms with E-state index in [1.807, 2.05) is 0 Å².